The third-order valence-corrected chi connectivity index (χ3v) is 9.18. The molecule has 2 amide bonds. The smallest absolute Gasteiger partial charge is 0.242 e. The summed E-state index contributed by atoms with van der Waals surface area (Å²) < 4.78 is 13.7. The second kappa shape index (κ2) is 8.86. The van der Waals surface area contributed by atoms with Crippen molar-refractivity contribution in [3.05, 3.63) is 35.6 Å². The Morgan fingerprint density at radius 2 is 1.89 bits per heavy atom. The lowest BCUT2D eigenvalue weighted by molar-refractivity contribution is -0.143. The third kappa shape index (κ3) is 3.93. The van der Waals surface area contributed by atoms with Gasteiger partial charge >= 0.3 is 0 Å². The minimum atomic E-state index is -0.725. The number of nitrogens with zero attached hydrogens (tertiary/aromatic N) is 4. The number of benzene rings is 1. The van der Waals surface area contributed by atoms with Gasteiger partial charge in [0, 0.05) is 25.2 Å². The fourth-order valence-electron chi connectivity index (χ4n) is 7.44. The van der Waals surface area contributed by atoms with E-state index in [1.54, 1.807) is 4.90 Å². The van der Waals surface area contributed by atoms with Gasteiger partial charge < -0.3 is 15.5 Å². The van der Waals surface area contributed by atoms with Crippen molar-refractivity contribution < 1.29 is 14.0 Å². The summed E-state index contributed by atoms with van der Waals surface area (Å²) in [5, 5.41) is 9.44. The summed E-state index contributed by atoms with van der Waals surface area (Å²) in [6.07, 6.45) is 8.23. The molecule has 186 valence electrons. The Bertz CT molecular complexity index is 1040. The Kier molecular flexibility index (Phi) is 5.81. The van der Waals surface area contributed by atoms with E-state index in [-0.39, 0.29) is 47.8 Å². The summed E-state index contributed by atoms with van der Waals surface area (Å²) in [6, 6.07) is 7.82. The maximum atomic E-state index is 13.7. The number of piperidine rings is 1. The SMILES string of the molecule is N#C[C@@H]1C[C@@H]2CC2N1C(=O)[C@@H](N)CN1C[C@@H]2C[C@H]1C(=O)N2[C@@H](c1ccc(F)cc1)C1CCCCC1. The number of piperazine rings is 1. The molecule has 0 spiro atoms. The molecule has 8 heteroatoms. The zero-order chi connectivity index (χ0) is 24.3. The molecule has 2 aliphatic carbocycles. The molecule has 6 rings (SSSR count). The van der Waals surface area contributed by atoms with E-state index >= 15 is 0 Å². The molecular formula is C27H34FN5O2. The standard InChI is InChI=1S/C27H34FN5O2/c28-19-8-6-17(7-9-19)25(16-4-2-1-3-5-16)33-21-12-24(27(33)35)31(14-21)15-22(30)26(34)32-20(13-29)10-18-11-23(18)32/h6-9,16,18,20-25H,1-5,10-12,14-15,30H2/t18-,20+,21+,22+,23?,24+,25-/m1/s1. The van der Waals surface area contributed by atoms with Gasteiger partial charge in [0.1, 0.15) is 11.9 Å². The second-order valence-electron chi connectivity index (χ2n) is 11.3. The van der Waals surface area contributed by atoms with Gasteiger partial charge in [-0.1, -0.05) is 31.4 Å². The lowest BCUT2D eigenvalue weighted by atomic mass is 9.80. The minimum absolute atomic E-state index is 0.0244. The van der Waals surface area contributed by atoms with Crippen LogP contribution in [0.25, 0.3) is 0 Å². The lowest BCUT2D eigenvalue weighted by Gasteiger charge is -2.43. The molecule has 3 heterocycles. The van der Waals surface area contributed by atoms with Crippen LogP contribution in [-0.2, 0) is 9.59 Å². The maximum absolute atomic E-state index is 13.7. The highest BCUT2D eigenvalue weighted by molar-refractivity contribution is 5.87. The largest absolute Gasteiger partial charge is 0.330 e. The Morgan fingerprint density at radius 3 is 2.57 bits per heavy atom. The topological polar surface area (TPSA) is 93.7 Å². The monoisotopic (exact) mass is 479 g/mol. The van der Waals surface area contributed by atoms with E-state index in [0.717, 1.165) is 37.7 Å². The van der Waals surface area contributed by atoms with Crippen LogP contribution in [0.1, 0.15) is 63.0 Å². The molecule has 0 aromatic heterocycles. The average molecular weight is 480 g/mol. The molecular weight excluding hydrogens is 445 g/mol. The zero-order valence-electron chi connectivity index (χ0n) is 20.1. The molecule has 2 saturated carbocycles. The summed E-state index contributed by atoms with van der Waals surface area (Å²) in [4.78, 5) is 32.7. The number of likely N-dealkylation sites (tertiary alicyclic amines) is 3. The van der Waals surface area contributed by atoms with Gasteiger partial charge in [-0.3, -0.25) is 14.5 Å². The van der Waals surface area contributed by atoms with Crippen LogP contribution in [0.15, 0.2) is 24.3 Å². The van der Waals surface area contributed by atoms with Gasteiger partial charge in [0.15, 0.2) is 0 Å². The van der Waals surface area contributed by atoms with Gasteiger partial charge in [0.05, 0.1) is 24.2 Å². The second-order valence-corrected chi connectivity index (χ2v) is 11.3. The number of carbonyl (C=O) groups is 2. The van der Waals surface area contributed by atoms with Crippen LogP contribution >= 0.6 is 0 Å². The van der Waals surface area contributed by atoms with Crippen LogP contribution in [-0.4, -0.2) is 69.8 Å². The summed E-state index contributed by atoms with van der Waals surface area (Å²) in [5.41, 5.74) is 7.39. The number of halogens is 1. The summed E-state index contributed by atoms with van der Waals surface area (Å²) in [7, 11) is 0. The van der Waals surface area contributed by atoms with E-state index in [4.69, 9.17) is 5.73 Å². The van der Waals surface area contributed by atoms with Crippen molar-refractivity contribution >= 4 is 11.8 Å². The van der Waals surface area contributed by atoms with Gasteiger partial charge in [-0.2, -0.15) is 5.26 Å². The highest BCUT2D eigenvalue weighted by atomic mass is 19.1. The van der Waals surface area contributed by atoms with Crippen molar-refractivity contribution in [1.29, 1.82) is 5.26 Å². The molecule has 7 nitrogen and oxygen atoms in total. The first-order valence-corrected chi connectivity index (χ1v) is 13.3. The molecule has 2 N–H and O–H groups in total. The fraction of sp³-hybridized carbons (Fsp3) is 0.667. The van der Waals surface area contributed by atoms with E-state index in [2.05, 4.69) is 15.9 Å². The van der Waals surface area contributed by atoms with E-state index in [0.29, 0.717) is 24.9 Å². The molecule has 1 unspecified atom stereocenters. The Labute approximate surface area is 206 Å². The molecule has 5 fully saturated rings. The van der Waals surface area contributed by atoms with Crippen molar-refractivity contribution in [3.8, 4) is 6.07 Å². The first-order chi connectivity index (χ1) is 17.0. The van der Waals surface area contributed by atoms with E-state index in [1.165, 1.54) is 31.4 Å². The Morgan fingerprint density at radius 1 is 1.14 bits per heavy atom. The first kappa shape index (κ1) is 22.9. The molecule has 1 aromatic rings. The summed E-state index contributed by atoms with van der Waals surface area (Å²) in [5.74, 6) is 0.542. The van der Waals surface area contributed by atoms with E-state index < -0.39 is 6.04 Å². The Balaban J connectivity index is 1.16. The van der Waals surface area contributed by atoms with Gasteiger partial charge in [-0.05, 0) is 61.6 Å². The molecule has 3 saturated heterocycles. The van der Waals surface area contributed by atoms with Crippen LogP contribution in [0, 0.1) is 29.0 Å². The van der Waals surface area contributed by atoms with Crippen LogP contribution in [0.5, 0.6) is 0 Å². The van der Waals surface area contributed by atoms with Gasteiger partial charge in [-0.15, -0.1) is 0 Å². The predicted octanol–water partition coefficient (Wildman–Crippen LogP) is 2.57. The number of carbonyl (C=O) groups excluding carboxylic acids is 2. The molecule has 3 aliphatic heterocycles. The highest BCUT2D eigenvalue weighted by Gasteiger charge is 2.56. The van der Waals surface area contributed by atoms with Crippen molar-refractivity contribution in [2.75, 3.05) is 13.1 Å². The van der Waals surface area contributed by atoms with Crippen LogP contribution in [0.4, 0.5) is 4.39 Å². The third-order valence-electron chi connectivity index (χ3n) is 9.18. The normalized spacial score (nSPS) is 34.1. The number of amides is 2. The number of rotatable bonds is 6. The van der Waals surface area contributed by atoms with Gasteiger partial charge in [0.2, 0.25) is 11.8 Å². The van der Waals surface area contributed by atoms with Crippen molar-refractivity contribution in [2.45, 2.75) is 87.6 Å². The van der Waals surface area contributed by atoms with Crippen molar-refractivity contribution in [2.24, 2.45) is 17.6 Å². The fourth-order valence-corrected chi connectivity index (χ4v) is 7.44. The maximum Gasteiger partial charge on any atom is 0.242 e. The Hall–Kier alpha value is -2.50. The highest BCUT2D eigenvalue weighted by Crippen LogP contribution is 2.48. The molecule has 5 aliphatic rings. The lowest BCUT2D eigenvalue weighted by Crippen LogP contribution is -2.57. The summed E-state index contributed by atoms with van der Waals surface area (Å²) >= 11 is 0. The zero-order valence-corrected chi connectivity index (χ0v) is 20.1. The van der Waals surface area contributed by atoms with Crippen LogP contribution in [0.3, 0.4) is 0 Å². The predicted molar refractivity (Wildman–Crippen MR) is 127 cm³/mol. The molecule has 1 aromatic carbocycles. The number of hydrogen-bond acceptors (Lipinski definition) is 5. The minimum Gasteiger partial charge on any atom is -0.330 e. The number of hydrogen-bond donors (Lipinski definition) is 1. The average Bonchev–Trinajstić information content (AvgIpc) is 3.19. The number of fused-ring (bicyclic) bond motifs is 3. The quantitative estimate of drug-likeness (QED) is 0.677. The van der Waals surface area contributed by atoms with Crippen molar-refractivity contribution in [1.82, 2.24) is 14.7 Å². The molecule has 0 radical (unpaired) electrons. The summed E-state index contributed by atoms with van der Waals surface area (Å²) in [6.45, 7) is 1.05. The van der Waals surface area contributed by atoms with Crippen LogP contribution in [0.2, 0.25) is 0 Å². The van der Waals surface area contributed by atoms with Crippen molar-refractivity contribution in [3.63, 3.8) is 0 Å². The number of nitrogens with two attached hydrogens (primary N) is 1. The first-order valence-electron chi connectivity index (χ1n) is 13.3. The van der Waals surface area contributed by atoms with E-state index in [1.807, 2.05) is 12.1 Å². The van der Waals surface area contributed by atoms with Crippen LogP contribution < -0.4 is 5.73 Å². The molecule has 7 atom stereocenters. The number of nitriles is 1. The van der Waals surface area contributed by atoms with E-state index in [9.17, 15) is 19.2 Å². The van der Waals surface area contributed by atoms with Gasteiger partial charge in [-0.25, -0.2) is 4.39 Å². The molecule has 2 bridgehead atoms. The van der Waals surface area contributed by atoms with Gasteiger partial charge in [0.25, 0.3) is 0 Å². The molecule has 35 heavy (non-hydrogen) atoms.